The second-order valence-electron chi connectivity index (χ2n) is 4.92. The largest absolute Gasteiger partial charge is 0.324 e. The Bertz CT molecular complexity index is 876. The third-order valence-electron chi connectivity index (χ3n) is 3.09. The molecule has 0 atom stereocenters. The van der Waals surface area contributed by atoms with Crippen molar-refractivity contribution < 1.29 is 9.59 Å². The quantitative estimate of drug-likeness (QED) is 0.628. The third kappa shape index (κ3) is 4.61. The van der Waals surface area contributed by atoms with Crippen molar-refractivity contribution in [2.24, 2.45) is 0 Å². The smallest absolute Gasteiger partial charge is 0.308 e. The van der Waals surface area contributed by atoms with E-state index in [0.717, 1.165) is 11.4 Å². The van der Waals surface area contributed by atoms with Crippen LogP contribution >= 0.6 is 22.7 Å². The number of benzene rings is 1. The lowest BCUT2D eigenvalue weighted by Gasteiger charge is -2.05. The molecule has 0 aliphatic heterocycles. The highest BCUT2D eigenvalue weighted by Gasteiger charge is 2.13. The van der Waals surface area contributed by atoms with Crippen molar-refractivity contribution >= 4 is 50.4 Å². The average molecular weight is 373 g/mol. The van der Waals surface area contributed by atoms with E-state index in [1.165, 1.54) is 22.7 Å². The van der Waals surface area contributed by atoms with Crippen LogP contribution in [0.4, 0.5) is 20.6 Å². The van der Waals surface area contributed by atoms with Gasteiger partial charge in [0.25, 0.3) is 5.91 Å². The molecule has 0 spiro atoms. The van der Waals surface area contributed by atoms with Crippen LogP contribution in [0.25, 0.3) is 0 Å². The minimum atomic E-state index is -0.364. The Morgan fingerprint density at radius 1 is 0.960 bits per heavy atom. The summed E-state index contributed by atoms with van der Waals surface area (Å²) in [6.45, 7) is 1.98. The van der Waals surface area contributed by atoms with Gasteiger partial charge in [-0.05, 0) is 30.7 Å². The summed E-state index contributed by atoms with van der Waals surface area (Å²) in [5.41, 5.74) is 0.692. The first-order valence-electron chi connectivity index (χ1n) is 7.50. The number of anilines is 3. The summed E-state index contributed by atoms with van der Waals surface area (Å²) < 4.78 is 0. The van der Waals surface area contributed by atoms with Gasteiger partial charge >= 0.3 is 6.03 Å². The molecule has 3 aromatic rings. The summed E-state index contributed by atoms with van der Waals surface area (Å²) >= 11 is 2.53. The molecule has 0 bridgehead atoms. The van der Waals surface area contributed by atoms with Gasteiger partial charge in [-0.1, -0.05) is 36.5 Å². The number of urea groups is 1. The van der Waals surface area contributed by atoms with E-state index < -0.39 is 0 Å². The van der Waals surface area contributed by atoms with Crippen LogP contribution in [0.1, 0.15) is 21.6 Å². The van der Waals surface area contributed by atoms with E-state index in [9.17, 15) is 9.59 Å². The molecule has 0 unspecified atom stereocenters. The number of rotatable bonds is 5. The molecule has 0 aliphatic rings. The topological polar surface area (TPSA) is 96.0 Å². The molecule has 3 amide bonds. The molecule has 2 aromatic heterocycles. The van der Waals surface area contributed by atoms with Crippen LogP contribution in [-0.4, -0.2) is 22.1 Å². The van der Waals surface area contributed by atoms with E-state index in [1.807, 2.05) is 25.1 Å². The molecular weight excluding hydrogens is 358 g/mol. The van der Waals surface area contributed by atoms with Crippen molar-refractivity contribution in [2.45, 2.75) is 13.3 Å². The van der Waals surface area contributed by atoms with Crippen LogP contribution in [0.15, 0.2) is 42.5 Å². The van der Waals surface area contributed by atoms with Gasteiger partial charge in [0, 0.05) is 5.69 Å². The molecule has 2 heterocycles. The van der Waals surface area contributed by atoms with E-state index in [4.69, 9.17) is 0 Å². The summed E-state index contributed by atoms with van der Waals surface area (Å²) in [5.74, 6) is -0.277. The second kappa shape index (κ2) is 7.86. The Balaban J connectivity index is 1.57. The molecule has 0 saturated heterocycles. The molecule has 0 radical (unpaired) electrons. The number of carbonyl (C=O) groups is 2. The Morgan fingerprint density at radius 3 is 2.48 bits per heavy atom. The predicted octanol–water partition coefficient (Wildman–Crippen LogP) is 4.06. The molecule has 0 saturated carbocycles. The van der Waals surface area contributed by atoms with E-state index >= 15 is 0 Å². The Hall–Kier alpha value is -2.78. The summed E-state index contributed by atoms with van der Waals surface area (Å²) in [4.78, 5) is 24.6. The lowest BCUT2D eigenvalue weighted by Crippen LogP contribution is -2.18. The van der Waals surface area contributed by atoms with E-state index in [2.05, 4.69) is 26.1 Å². The van der Waals surface area contributed by atoms with Crippen molar-refractivity contribution in [3.05, 3.63) is 52.3 Å². The number of carbonyl (C=O) groups excluding carboxylic acids is 2. The van der Waals surface area contributed by atoms with Crippen LogP contribution in [0, 0.1) is 0 Å². The zero-order chi connectivity index (χ0) is 17.6. The van der Waals surface area contributed by atoms with Crippen LogP contribution in [0.5, 0.6) is 0 Å². The van der Waals surface area contributed by atoms with E-state index in [0.29, 0.717) is 20.7 Å². The lowest BCUT2D eigenvalue weighted by atomic mass is 10.3. The van der Waals surface area contributed by atoms with Gasteiger partial charge in [0.15, 0.2) is 0 Å². The first kappa shape index (κ1) is 17.1. The highest BCUT2D eigenvalue weighted by molar-refractivity contribution is 7.18. The minimum absolute atomic E-state index is 0.277. The number of nitrogens with zero attached hydrogens (tertiary/aromatic N) is 2. The summed E-state index contributed by atoms with van der Waals surface area (Å²) in [6.07, 6.45) is 0.775. The number of amides is 3. The van der Waals surface area contributed by atoms with Gasteiger partial charge in [-0.2, -0.15) is 0 Å². The first-order valence-corrected chi connectivity index (χ1v) is 9.14. The fraction of sp³-hybridized carbons (Fsp3) is 0.125. The van der Waals surface area contributed by atoms with E-state index in [1.54, 1.807) is 24.3 Å². The molecule has 3 rings (SSSR count). The number of aromatic nitrogens is 2. The first-order chi connectivity index (χ1) is 12.1. The Morgan fingerprint density at radius 2 is 1.76 bits per heavy atom. The van der Waals surface area contributed by atoms with Crippen LogP contribution < -0.4 is 16.0 Å². The summed E-state index contributed by atoms with van der Waals surface area (Å²) in [7, 11) is 0. The number of nitrogens with one attached hydrogen (secondary N) is 3. The monoisotopic (exact) mass is 373 g/mol. The van der Waals surface area contributed by atoms with Crippen LogP contribution in [0.2, 0.25) is 0 Å². The highest BCUT2D eigenvalue weighted by atomic mass is 32.1. The summed E-state index contributed by atoms with van der Waals surface area (Å²) in [6, 6.07) is 12.1. The maximum Gasteiger partial charge on any atom is 0.324 e. The van der Waals surface area contributed by atoms with Crippen LogP contribution in [0.3, 0.4) is 0 Å². The molecule has 7 nitrogen and oxygen atoms in total. The Kier molecular flexibility index (Phi) is 5.36. The van der Waals surface area contributed by atoms with Crippen molar-refractivity contribution in [1.82, 2.24) is 10.2 Å². The molecule has 128 valence electrons. The highest BCUT2D eigenvalue weighted by Crippen LogP contribution is 2.24. The predicted molar refractivity (Wildman–Crippen MR) is 101 cm³/mol. The number of hydrogen-bond acceptors (Lipinski definition) is 6. The number of para-hydroxylation sites is 1. The summed E-state index contributed by atoms with van der Waals surface area (Å²) in [5, 5.41) is 17.9. The number of aryl methyl sites for hydroxylation is 1. The molecule has 25 heavy (non-hydrogen) atoms. The fourth-order valence-corrected chi connectivity index (χ4v) is 3.40. The second-order valence-corrected chi connectivity index (χ2v) is 7.06. The number of thiophene rings is 1. The molecule has 0 fully saturated rings. The van der Waals surface area contributed by atoms with Gasteiger partial charge in [0.05, 0.1) is 9.88 Å². The van der Waals surface area contributed by atoms with Gasteiger partial charge in [-0.25, -0.2) is 4.79 Å². The maximum absolute atomic E-state index is 12.2. The van der Waals surface area contributed by atoms with Gasteiger partial charge < -0.3 is 5.32 Å². The normalized spacial score (nSPS) is 10.3. The van der Waals surface area contributed by atoms with Crippen molar-refractivity contribution in [3.63, 3.8) is 0 Å². The SMILES string of the molecule is CCc1nnc(NC(=O)c2ccc(NC(=O)Nc3ccccc3)s2)s1. The zero-order valence-electron chi connectivity index (χ0n) is 13.3. The molecular formula is C16H15N5O2S2. The average Bonchev–Trinajstić information content (AvgIpc) is 3.25. The van der Waals surface area contributed by atoms with E-state index in [-0.39, 0.29) is 11.9 Å². The Labute approximate surface area is 152 Å². The van der Waals surface area contributed by atoms with Crippen molar-refractivity contribution in [1.29, 1.82) is 0 Å². The third-order valence-corrected chi connectivity index (χ3v) is 5.07. The molecule has 9 heteroatoms. The molecule has 1 aromatic carbocycles. The van der Waals surface area contributed by atoms with Gasteiger partial charge in [0.1, 0.15) is 5.01 Å². The van der Waals surface area contributed by atoms with Crippen molar-refractivity contribution in [2.75, 3.05) is 16.0 Å². The maximum atomic E-state index is 12.2. The minimum Gasteiger partial charge on any atom is -0.308 e. The fourth-order valence-electron chi connectivity index (χ4n) is 1.93. The van der Waals surface area contributed by atoms with Gasteiger partial charge in [0.2, 0.25) is 5.13 Å². The van der Waals surface area contributed by atoms with Gasteiger partial charge in [-0.15, -0.1) is 21.5 Å². The standard InChI is InChI=1S/C16H15N5O2S2/c1-2-12-20-21-16(25-12)19-14(22)11-8-9-13(24-11)18-15(23)17-10-6-4-3-5-7-10/h3-9H,2H2,1H3,(H2,17,18,23)(H,19,21,22). The van der Waals surface area contributed by atoms with Crippen molar-refractivity contribution in [3.8, 4) is 0 Å². The molecule has 0 aliphatic carbocycles. The van der Waals surface area contributed by atoms with Gasteiger partial charge in [-0.3, -0.25) is 15.4 Å². The lowest BCUT2D eigenvalue weighted by molar-refractivity contribution is 0.103. The number of hydrogen-bond donors (Lipinski definition) is 3. The molecule has 3 N–H and O–H groups in total. The zero-order valence-corrected chi connectivity index (χ0v) is 14.9. The van der Waals surface area contributed by atoms with Crippen LogP contribution in [-0.2, 0) is 6.42 Å².